The largest absolute Gasteiger partial charge is 0.497 e. The number of halogens is 1. The fourth-order valence-corrected chi connectivity index (χ4v) is 5.34. The first-order valence-electron chi connectivity index (χ1n) is 11.6. The zero-order valence-corrected chi connectivity index (χ0v) is 21.9. The van der Waals surface area contributed by atoms with Crippen LogP contribution in [0.3, 0.4) is 0 Å². The van der Waals surface area contributed by atoms with Gasteiger partial charge in [-0.05, 0) is 65.2 Å². The second kappa shape index (κ2) is 12.1. The summed E-state index contributed by atoms with van der Waals surface area (Å²) in [6.07, 6.45) is 0. The van der Waals surface area contributed by atoms with Crippen LogP contribution in [0.15, 0.2) is 108 Å². The number of hydrogen-bond acceptors (Lipinski definition) is 4. The van der Waals surface area contributed by atoms with Gasteiger partial charge in [-0.25, -0.2) is 8.42 Å². The van der Waals surface area contributed by atoms with Gasteiger partial charge in [0.15, 0.2) is 0 Å². The summed E-state index contributed by atoms with van der Waals surface area (Å²) in [6.45, 7) is 0.695. The van der Waals surface area contributed by atoms with Crippen LogP contribution in [0.4, 0.5) is 0 Å². The van der Waals surface area contributed by atoms with Crippen molar-refractivity contribution in [3.63, 3.8) is 0 Å². The van der Waals surface area contributed by atoms with Crippen LogP contribution in [0, 0.1) is 0 Å². The van der Waals surface area contributed by atoms with E-state index in [0.29, 0.717) is 22.9 Å². The number of nitrogens with one attached hydrogen (secondary N) is 1. The maximum absolute atomic E-state index is 13.6. The molecule has 6 nitrogen and oxygen atoms in total. The Bertz CT molecular complexity index is 1440. The van der Waals surface area contributed by atoms with Gasteiger partial charge in [0.2, 0.25) is 10.0 Å². The molecule has 0 aliphatic carbocycles. The van der Waals surface area contributed by atoms with Crippen molar-refractivity contribution in [1.29, 1.82) is 0 Å². The van der Waals surface area contributed by atoms with Gasteiger partial charge in [0.25, 0.3) is 5.91 Å². The van der Waals surface area contributed by atoms with E-state index in [9.17, 15) is 13.2 Å². The molecular weight excluding hydrogens is 508 g/mol. The van der Waals surface area contributed by atoms with E-state index in [-0.39, 0.29) is 23.9 Å². The van der Waals surface area contributed by atoms with Crippen molar-refractivity contribution < 1.29 is 17.9 Å². The molecule has 4 aromatic rings. The lowest BCUT2D eigenvalue weighted by Crippen LogP contribution is -2.30. The highest BCUT2D eigenvalue weighted by Gasteiger charge is 2.25. The summed E-state index contributed by atoms with van der Waals surface area (Å²) in [6, 6.07) is 30.0. The van der Waals surface area contributed by atoms with Crippen LogP contribution in [0.5, 0.6) is 5.75 Å². The van der Waals surface area contributed by atoms with Crippen LogP contribution in [0.25, 0.3) is 0 Å². The second-order valence-electron chi connectivity index (χ2n) is 8.44. The molecule has 0 saturated carbocycles. The van der Waals surface area contributed by atoms with Crippen molar-refractivity contribution in [2.24, 2.45) is 0 Å². The van der Waals surface area contributed by atoms with Gasteiger partial charge in [-0.2, -0.15) is 4.31 Å². The van der Waals surface area contributed by atoms with Gasteiger partial charge in [-0.3, -0.25) is 4.79 Å². The summed E-state index contributed by atoms with van der Waals surface area (Å²) < 4.78 is 33.9. The molecule has 190 valence electrons. The first-order chi connectivity index (χ1) is 17.8. The summed E-state index contributed by atoms with van der Waals surface area (Å²) in [7, 11) is -2.24. The van der Waals surface area contributed by atoms with Crippen LogP contribution in [-0.4, -0.2) is 25.7 Å². The molecule has 0 aliphatic rings. The number of hydrogen-bond donors (Lipinski definition) is 1. The van der Waals surface area contributed by atoms with Crippen molar-refractivity contribution in [3.8, 4) is 5.75 Å². The van der Waals surface area contributed by atoms with Crippen LogP contribution in [0.1, 0.15) is 27.0 Å². The molecule has 4 aromatic carbocycles. The average molecular weight is 535 g/mol. The molecule has 0 aromatic heterocycles. The molecule has 0 unspecified atom stereocenters. The number of benzene rings is 4. The van der Waals surface area contributed by atoms with E-state index < -0.39 is 10.0 Å². The number of methoxy groups -OCH3 is 1. The number of carbonyl (C=O) groups excluding carboxylic acids is 1. The molecule has 0 aliphatic heterocycles. The molecule has 0 fully saturated rings. The van der Waals surface area contributed by atoms with Crippen LogP contribution in [-0.2, 0) is 29.7 Å². The van der Waals surface area contributed by atoms with Gasteiger partial charge >= 0.3 is 0 Å². The lowest BCUT2D eigenvalue weighted by Gasteiger charge is -2.23. The third-order valence-electron chi connectivity index (χ3n) is 5.82. The number of sulfonamides is 1. The summed E-state index contributed by atoms with van der Waals surface area (Å²) in [5.41, 5.74) is 3.13. The number of amides is 1. The first-order valence-corrected chi connectivity index (χ1v) is 13.5. The molecule has 8 heteroatoms. The molecule has 0 atom stereocenters. The molecule has 0 saturated heterocycles. The summed E-state index contributed by atoms with van der Waals surface area (Å²) in [4.78, 5) is 12.5. The molecule has 0 spiro atoms. The standard InChI is InChI=1S/C29H27ClN2O4S/c1-36-27-9-5-6-24(18-27)21-32(37(34,35)28-16-14-26(30)15-17-28)20-23-12-10-22(11-13-23)19-31-29(33)25-7-3-2-4-8-25/h2-18H,19-21H2,1H3,(H,31,33). The molecule has 4 rings (SSSR count). The van der Waals surface area contributed by atoms with Crippen LogP contribution < -0.4 is 10.1 Å². The van der Waals surface area contributed by atoms with E-state index in [2.05, 4.69) is 5.32 Å². The van der Waals surface area contributed by atoms with E-state index >= 15 is 0 Å². The minimum atomic E-state index is -3.82. The molecule has 37 heavy (non-hydrogen) atoms. The highest BCUT2D eigenvalue weighted by Crippen LogP contribution is 2.24. The smallest absolute Gasteiger partial charge is 0.251 e. The van der Waals surface area contributed by atoms with Gasteiger partial charge in [0, 0.05) is 30.2 Å². The van der Waals surface area contributed by atoms with E-state index in [4.69, 9.17) is 16.3 Å². The van der Waals surface area contributed by atoms with E-state index in [1.165, 1.54) is 16.4 Å². The number of ether oxygens (including phenoxy) is 1. The lowest BCUT2D eigenvalue weighted by molar-refractivity contribution is 0.0951. The topological polar surface area (TPSA) is 75.7 Å². The third kappa shape index (κ3) is 6.98. The Labute approximate surface area is 222 Å². The fourth-order valence-electron chi connectivity index (χ4n) is 3.80. The SMILES string of the molecule is COc1cccc(CN(Cc2ccc(CNC(=O)c3ccccc3)cc2)S(=O)(=O)c2ccc(Cl)cc2)c1. The molecule has 0 bridgehead atoms. The predicted octanol–water partition coefficient (Wildman–Crippen LogP) is 5.67. The minimum Gasteiger partial charge on any atom is -0.497 e. The normalized spacial score (nSPS) is 11.3. The van der Waals surface area contributed by atoms with Crippen molar-refractivity contribution >= 4 is 27.5 Å². The third-order valence-corrected chi connectivity index (χ3v) is 7.87. The maximum atomic E-state index is 13.6. The van der Waals surface area contributed by atoms with Crippen LogP contribution >= 0.6 is 11.6 Å². The Hall–Kier alpha value is -3.65. The molecule has 1 amide bonds. The highest BCUT2D eigenvalue weighted by molar-refractivity contribution is 7.89. The van der Waals surface area contributed by atoms with Gasteiger partial charge in [-0.1, -0.05) is 66.2 Å². The summed E-state index contributed by atoms with van der Waals surface area (Å²) in [5.74, 6) is 0.506. The van der Waals surface area contributed by atoms with Crippen molar-refractivity contribution in [3.05, 3.63) is 130 Å². The number of carbonyl (C=O) groups is 1. The Balaban J connectivity index is 1.52. The average Bonchev–Trinajstić information content (AvgIpc) is 2.93. The molecule has 1 N–H and O–H groups in total. The summed E-state index contributed by atoms with van der Waals surface area (Å²) >= 11 is 5.98. The number of nitrogens with zero attached hydrogens (tertiary/aromatic N) is 1. The predicted molar refractivity (Wildman–Crippen MR) is 145 cm³/mol. The number of rotatable bonds is 10. The highest BCUT2D eigenvalue weighted by atomic mass is 35.5. The zero-order valence-electron chi connectivity index (χ0n) is 20.3. The summed E-state index contributed by atoms with van der Waals surface area (Å²) in [5, 5.41) is 3.37. The Morgan fingerprint density at radius 3 is 2.14 bits per heavy atom. The van der Waals surface area contributed by atoms with Gasteiger partial charge < -0.3 is 10.1 Å². The van der Waals surface area contributed by atoms with Crippen LogP contribution in [0.2, 0.25) is 5.02 Å². The molecule has 0 heterocycles. The second-order valence-corrected chi connectivity index (χ2v) is 10.8. The van der Waals surface area contributed by atoms with Gasteiger partial charge in [0.1, 0.15) is 5.75 Å². The monoisotopic (exact) mass is 534 g/mol. The molecule has 0 radical (unpaired) electrons. The van der Waals surface area contributed by atoms with Gasteiger partial charge in [0.05, 0.1) is 12.0 Å². The Morgan fingerprint density at radius 1 is 0.811 bits per heavy atom. The van der Waals surface area contributed by atoms with Crippen molar-refractivity contribution in [2.45, 2.75) is 24.5 Å². The van der Waals surface area contributed by atoms with Gasteiger partial charge in [-0.15, -0.1) is 0 Å². The van der Waals surface area contributed by atoms with E-state index in [0.717, 1.165) is 16.7 Å². The Kier molecular flexibility index (Phi) is 8.61. The quantitative estimate of drug-likeness (QED) is 0.284. The van der Waals surface area contributed by atoms with E-state index in [1.54, 1.807) is 31.4 Å². The van der Waals surface area contributed by atoms with E-state index in [1.807, 2.05) is 66.7 Å². The minimum absolute atomic E-state index is 0.150. The maximum Gasteiger partial charge on any atom is 0.251 e. The lowest BCUT2D eigenvalue weighted by atomic mass is 10.1. The zero-order chi connectivity index (χ0) is 26.3. The first kappa shape index (κ1) is 26.4. The fraction of sp³-hybridized carbons (Fsp3) is 0.138. The Morgan fingerprint density at radius 2 is 1.46 bits per heavy atom. The van der Waals surface area contributed by atoms with Crippen molar-refractivity contribution in [1.82, 2.24) is 9.62 Å². The van der Waals surface area contributed by atoms with Crippen molar-refractivity contribution in [2.75, 3.05) is 7.11 Å². The molecular formula is C29H27ClN2O4S.